The molecule has 2 N–H and O–H groups in total. The number of ether oxygens (including phenoxy) is 1. The van der Waals surface area contributed by atoms with Gasteiger partial charge in [-0.3, -0.25) is 18.6 Å². The van der Waals surface area contributed by atoms with E-state index in [-0.39, 0.29) is 25.1 Å². The molecule has 3 atom stereocenters. The van der Waals surface area contributed by atoms with E-state index in [0.717, 1.165) is 109 Å². The molecule has 0 aliphatic carbocycles. The van der Waals surface area contributed by atoms with Crippen LogP contribution < -0.4 is 5.32 Å². The number of phosphoric ester groups is 1. The fourth-order valence-corrected chi connectivity index (χ4v) is 10.7. The third-order valence-electron chi connectivity index (χ3n) is 15.3. The molecule has 1 amide bonds. The maximum atomic E-state index is 13.6. The Bertz CT molecular complexity index is 1700. The Labute approximate surface area is 514 Å². The van der Waals surface area contributed by atoms with Crippen molar-refractivity contribution in [3.8, 4) is 0 Å². The first-order valence-electron chi connectivity index (χ1n) is 34.9. The largest absolute Gasteiger partial charge is 0.472 e. The van der Waals surface area contributed by atoms with Crippen molar-refractivity contribution in [2.75, 3.05) is 40.9 Å². The summed E-state index contributed by atoms with van der Waals surface area (Å²) in [5, 5.41) is 3.06. The van der Waals surface area contributed by atoms with E-state index >= 15 is 0 Å². The fourth-order valence-electron chi connectivity index (χ4n) is 10.0. The number of allylic oxidation sites excluding steroid dienone is 13. The quantitative estimate of drug-likeness (QED) is 0.0205. The summed E-state index contributed by atoms with van der Waals surface area (Å²) in [5.41, 5.74) is 0. The molecule has 482 valence electrons. The SMILES string of the molecule is CC/C=C\C/C=C\C/C=C\C/C=C\C/C=C\C/C=C\CCCCCCCCCCC(=O)NC(COP(=O)(O)OCC[N+](C)(C)C)C(/C=C\CCCCCCCCCCC)OC(=O)CCCCCCCCCCCCCCCCCCCCC. The van der Waals surface area contributed by atoms with E-state index in [4.69, 9.17) is 13.8 Å². The molecule has 0 radical (unpaired) electrons. The number of amides is 1. The van der Waals surface area contributed by atoms with Gasteiger partial charge in [0, 0.05) is 12.8 Å². The van der Waals surface area contributed by atoms with E-state index in [1.54, 1.807) is 0 Å². The molecular weight excluding hydrogens is 1050 g/mol. The summed E-state index contributed by atoms with van der Waals surface area (Å²) in [6, 6.07) is -0.855. The summed E-state index contributed by atoms with van der Waals surface area (Å²) < 4.78 is 30.8. The second-order valence-corrected chi connectivity index (χ2v) is 26.1. The molecule has 0 aromatic rings. The second-order valence-electron chi connectivity index (χ2n) is 24.7. The van der Waals surface area contributed by atoms with Crippen molar-refractivity contribution in [2.24, 2.45) is 0 Å². The first kappa shape index (κ1) is 80.2. The zero-order valence-electron chi connectivity index (χ0n) is 55.2. The molecule has 10 heteroatoms. The Morgan fingerprint density at radius 3 is 1.16 bits per heavy atom. The van der Waals surface area contributed by atoms with Crippen molar-refractivity contribution in [3.63, 3.8) is 0 Å². The molecule has 0 saturated heterocycles. The molecule has 0 aromatic carbocycles. The lowest BCUT2D eigenvalue weighted by molar-refractivity contribution is -0.870. The number of nitrogens with zero attached hydrogens (tertiary/aromatic N) is 1. The standard InChI is InChI=1S/C73H133N2O7P/c1-7-10-13-16-19-22-25-27-29-31-33-34-35-36-37-38-39-40-42-43-45-47-50-53-56-59-62-65-72(76)74-70(69-81-83(78,79)80-68-67-75(4,5)6)71(64-61-58-55-52-49-24-21-18-15-12-9-3)82-73(77)66-63-60-57-54-51-48-46-44-41-32-30-28-26-23-20-17-14-11-8-2/h10,13,19,22,27,29,33-34,36-37,39-40,61,64,70-71H,7-9,11-12,14-18,20-21,23-26,28,30-32,35,38,41-60,62-63,65-69H2,1-6H3,(H-,74,76,78,79)/p+1/b13-10-,22-19-,29-27-,34-33-,37-36-,40-39-,64-61-. The van der Waals surface area contributed by atoms with Gasteiger partial charge in [0.05, 0.1) is 33.8 Å². The van der Waals surface area contributed by atoms with Crippen LogP contribution in [0.25, 0.3) is 0 Å². The molecule has 0 aliphatic rings. The average Bonchev–Trinajstić information content (AvgIpc) is 3.51. The number of unbranched alkanes of at least 4 members (excludes halogenated alkanes) is 35. The number of hydrogen-bond acceptors (Lipinski definition) is 6. The van der Waals surface area contributed by atoms with Crippen LogP contribution in [-0.2, 0) is 27.9 Å². The topological polar surface area (TPSA) is 111 Å². The number of carbonyl (C=O) groups excluding carboxylic acids is 2. The van der Waals surface area contributed by atoms with Gasteiger partial charge in [-0.1, -0.05) is 305 Å². The van der Waals surface area contributed by atoms with Crippen LogP contribution in [0.2, 0.25) is 0 Å². The van der Waals surface area contributed by atoms with E-state index in [0.29, 0.717) is 23.9 Å². The first-order chi connectivity index (χ1) is 40.4. The maximum Gasteiger partial charge on any atom is 0.472 e. The normalized spacial score (nSPS) is 14.1. The van der Waals surface area contributed by atoms with Gasteiger partial charge in [0.25, 0.3) is 0 Å². The summed E-state index contributed by atoms with van der Waals surface area (Å²) >= 11 is 0. The van der Waals surface area contributed by atoms with Gasteiger partial charge in [-0.2, -0.15) is 0 Å². The Hall–Kier alpha value is -2.81. The van der Waals surface area contributed by atoms with Crippen LogP contribution in [0.3, 0.4) is 0 Å². The van der Waals surface area contributed by atoms with E-state index < -0.39 is 20.0 Å². The van der Waals surface area contributed by atoms with E-state index in [1.165, 1.54) is 173 Å². The maximum absolute atomic E-state index is 13.6. The van der Waals surface area contributed by atoms with Gasteiger partial charge in [-0.25, -0.2) is 4.57 Å². The minimum atomic E-state index is -4.46. The third-order valence-corrected chi connectivity index (χ3v) is 16.3. The Morgan fingerprint density at radius 2 is 0.771 bits per heavy atom. The number of quaternary nitrogens is 1. The van der Waals surface area contributed by atoms with Crippen LogP contribution in [0.4, 0.5) is 0 Å². The highest BCUT2D eigenvalue weighted by atomic mass is 31.2. The molecule has 0 rings (SSSR count). The summed E-state index contributed by atoms with van der Waals surface area (Å²) in [4.78, 5) is 37.8. The number of hydrogen-bond donors (Lipinski definition) is 2. The minimum Gasteiger partial charge on any atom is -0.456 e. The van der Waals surface area contributed by atoms with Gasteiger partial charge < -0.3 is 19.4 Å². The molecule has 3 unspecified atom stereocenters. The lowest BCUT2D eigenvalue weighted by Gasteiger charge is -2.27. The molecule has 0 spiro atoms. The number of esters is 1. The van der Waals surface area contributed by atoms with Crippen LogP contribution >= 0.6 is 7.82 Å². The molecule has 9 nitrogen and oxygen atoms in total. The van der Waals surface area contributed by atoms with E-state index in [2.05, 4.69) is 99.0 Å². The highest BCUT2D eigenvalue weighted by Crippen LogP contribution is 2.43. The summed E-state index contributed by atoms with van der Waals surface area (Å²) in [5.74, 6) is -0.507. The molecular formula is C73H134N2O7P+. The Balaban J connectivity index is 5.05. The highest BCUT2D eigenvalue weighted by Gasteiger charge is 2.30. The Kier molecular flexibility index (Phi) is 60.1. The lowest BCUT2D eigenvalue weighted by Crippen LogP contribution is -2.47. The third kappa shape index (κ3) is 63.5. The first-order valence-corrected chi connectivity index (χ1v) is 36.4. The summed E-state index contributed by atoms with van der Waals surface area (Å²) in [6.45, 7) is 6.92. The van der Waals surface area contributed by atoms with Crippen molar-refractivity contribution < 1.29 is 37.3 Å². The van der Waals surface area contributed by atoms with Crippen molar-refractivity contribution in [3.05, 3.63) is 85.1 Å². The molecule has 0 aliphatic heterocycles. The summed E-state index contributed by atoms with van der Waals surface area (Å²) in [6.07, 6.45) is 83.1. The number of nitrogens with one attached hydrogen (secondary N) is 1. The molecule has 0 aromatic heterocycles. The number of rotatable bonds is 63. The lowest BCUT2D eigenvalue weighted by atomic mass is 10.0. The van der Waals surface area contributed by atoms with Gasteiger partial charge in [0.15, 0.2) is 0 Å². The summed E-state index contributed by atoms with van der Waals surface area (Å²) in [7, 11) is 1.49. The highest BCUT2D eigenvalue weighted by molar-refractivity contribution is 7.47. The number of likely N-dealkylation sites (N-methyl/N-ethyl adjacent to an activating group) is 1. The zero-order chi connectivity index (χ0) is 60.7. The molecule has 0 heterocycles. The second kappa shape index (κ2) is 62.2. The fraction of sp³-hybridized carbons (Fsp3) is 0.781. The van der Waals surface area contributed by atoms with Crippen molar-refractivity contribution in [2.45, 2.75) is 328 Å². The van der Waals surface area contributed by atoms with Gasteiger partial charge in [0.2, 0.25) is 5.91 Å². The van der Waals surface area contributed by atoms with Crippen molar-refractivity contribution in [1.82, 2.24) is 5.32 Å². The molecule has 0 fully saturated rings. The zero-order valence-corrected chi connectivity index (χ0v) is 56.1. The van der Waals surface area contributed by atoms with Gasteiger partial charge in [-0.15, -0.1) is 0 Å². The smallest absolute Gasteiger partial charge is 0.456 e. The van der Waals surface area contributed by atoms with Gasteiger partial charge >= 0.3 is 13.8 Å². The molecule has 83 heavy (non-hydrogen) atoms. The van der Waals surface area contributed by atoms with Crippen LogP contribution in [0, 0.1) is 0 Å². The van der Waals surface area contributed by atoms with E-state index in [9.17, 15) is 19.0 Å². The van der Waals surface area contributed by atoms with Gasteiger partial charge in [0.1, 0.15) is 19.3 Å². The van der Waals surface area contributed by atoms with Crippen LogP contribution in [0.15, 0.2) is 85.1 Å². The number of phosphoric acid groups is 1. The van der Waals surface area contributed by atoms with E-state index in [1.807, 2.05) is 33.3 Å². The predicted octanol–water partition coefficient (Wildman–Crippen LogP) is 22.1. The van der Waals surface area contributed by atoms with Crippen LogP contribution in [-0.4, -0.2) is 74.3 Å². The van der Waals surface area contributed by atoms with Crippen molar-refractivity contribution >= 4 is 19.7 Å². The average molecular weight is 1180 g/mol. The van der Waals surface area contributed by atoms with Crippen molar-refractivity contribution in [1.29, 1.82) is 0 Å². The minimum absolute atomic E-state index is 0.0368. The monoisotopic (exact) mass is 1180 g/mol. The number of carbonyl (C=O) groups is 2. The predicted molar refractivity (Wildman–Crippen MR) is 360 cm³/mol. The van der Waals surface area contributed by atoms with Crippen LogP contribution in [0.1, 0.15) is 316 Å². The molecule has 0 saturated carbocycles. The van der Waals surface area contributed by atoms with Gasteiger partial charge in [-0.05, 0) is 83.1 Å². The molecule has 0 bridgehead atoms. The van der Waals surface area contributed by atoms with Crippen LogP contribution in [0.5, 0.6) is 0 Å². The Morgan fingerprint density at radius 1 is 0.434 bits per heavy atom.